The molecule has 1 amide bonds. The highest BCUT2D eigenvalue weighted by atomic mass is 16.1. The van der Waals surface area contributed by atoms with E-state index in [0.29, 0.717) is 6.42 Å². The van der Waals surface area contributed by atoms with E-state index in [9.17, 15) is 4.79 Å². The Morgan fingerprint density at radius 2 is 2.38 bits per heavy atom. The molecule has 0 unspecified atom stereocenters. The lowest BCUT2D eigenvalue weighted by Gasteiger charge is -2.01. The summed E-state index contributed by atoms with van der Waals surface area (Å²) in [4.78, 5) is 11.1. The number of hydrogen-bond donors (Lipinski definition) is 1. The molecule has 2 heteroatoms. The third-order valence-electron chi connectivity index (χ3n) is 2.13. The van der Waals surface area contributed by atoms with Crippen molar-refractivity contribution >= 4 is 5.91 Å². The molecule has 0 aromatic carbocycles. The maximum absolute atomic E-state index is 11.1. The Morgan fingerprint density at radius 1 is 1.69 bits per heavy atom. The molecular weight excluding hydrogens is 162 g/mol. The van der Waals surface area contributed by atoms with E-state index in [4.69, 9.17) is 0 Å². The van der Waals surface area contributed by atoms with Crippen molar-refractivity contribution in [3.05, 3.63) is 35.6 Å². The zero-order valence-electron chi connectivity index (χ0n) is 8.18. The number of carbonyl (C=O) groups is 1. The molecule has 0 spiro atoms. The number of carbonyl (C=O) groups excluding carboxylic acids is 1. The van der Waals surface area contributed by atoms with Crippen molar-refractivity contribution in [2.24, 2.45) is 0 Å². The molecule has 1 N–H and O–H groups in total. The predicted molar refractivity (Wildman–Crippen MR) is 54.0 cm³/mol. The fourth-order valence-corrected chi connectivity index (χ4v) is 1.38. The number of rotatable bonds is 2. The summed E-state index contributed by atoms with van der Waals surface area (Å²) in [5.74, 6) is 0.0795. The molecule has 0 aliphatic carbocycles. The molecule has 13 heavy (non-hydrogen) atoms. The lowest BCUT2D eigenvalue weighted by molar-refractivity contribution is -0.118. The van der Waals surface area contributed by atoms with E-state index in [1.165, 1.54) is 0 Å². The molecule has 1 aliphatic heterocycles. The molecule has 0 saturated carbocycles. The van der Waals surface area contributed by atoms with Crippen molar-refractivity contribution in [2.75, 3.05) is 0 Å². The van der Waals surface area contributed by atoms with Gasteiger partial charge in [0.25, 0.3) is 0 Å². The molecule has 1 rings (SSSR count). The van der Waals surface area contributed by atoms with Crippen LogP contribution in [0.25, 0.3) is 0 Å². The molecular formula is C11H15NO. The maximum atomic E-state index is 11.1. The average molecular weight is 177 g/mol. The van der Waals surface area contributed by atoms with E-state index in [1.54, 1.807) is 6.08 Å². The fourth-order valence-electron chi connectivity index (χ4n) is 1.38. The average Bonchev–Trinajstić information content (AvgIpc) is 2.46. The lowest BCUT2D eigenvalue weighted by atomic mass is 10.1. The van der Waals surface area contributed by atoms with E-state index in [1.807, 2.05) is 13.0 Å². The number of hydrogen-bond acceptors (Lipinski definition) is 1. The van der Waals surface area contributed by atoms with Crippen LogP contribution in [0.5, 0.6) is 0 Å². The third kappa shape index (κ3) is 2.08. The van der Waals surface area contributed by atoms with Crippen molar-refractivity contribution < 1.29 is 4.79 Å². The summed E-state index contributed by atoms with van der Waals surface area (Å²) in [7, 11) is 0. The lowest BCUT2D eigenvalue weighted by Crippen LogP contribution is -2.11. The van der Waals surface area contributed by atoms with Gasteiger partial charge < -0.3 is 5.32 Å². The zero-order chi connectivity index (χ0) is 9.84. The molecule has 1 fully saturated rings. The molecule has 1 aliphatic rings. The van der Waals surface area contributed by atoms with E-state index in [0.717, 1.165) is 23.3 Å². The van der Waals surface area contributed by atoms with Crippen molar-refractivity contribution in [2.45, 2.75) is 26.7 Å². The number of nitrogens with one attached hydrogen (secondary N) is 1. The Labute approximate surface area is 79.0 Å². The molecule has 70 valence electrons. The predicted octanol–water partition coefficient (Wildman–Crippen LogP) is 2.30. The molecule has 1 saturated heterocycles. The second kappa shape index (κ2) is 4.08. The van der Waals surface area contributed by atoms with Crippen LogP contribution in [-0.4, -0.2) is 5.91 Å². The summed E-state index contributed by atoms with van der Waals surface area (Å²) in [5.41, 5.74) is 3.13. The van der Waals surface area contributed by atoms with Gasteiger partial charge in [-0.25, -0.2) is 0 Å². The summed E-state index contributed by atoms with van der Waals surface area (Å²) in [6, 6.07) is 0. The Morgan fingerprint density at radius 3 is 2.92 bits per heavy atom. The van der Waals surface area contributed by atoms with Crippen LogP contribution in [0, 0.1) is 0 Å². The van der Waals surface area contributed by atoms with Gasteiger partial charge in [0.05, 0.1) is 6.42 Å². The summed E-state index contributed by atoms with van der Waals surface area (Å²) in [6.45, 7) is 7.73. The van der Waals surface area contributed by atoms with Gasteiger partial charge in [0.15, 0.2) is 0 Å². The first-order valence-electron chi connectivity index (χ1n) is 4.51. The molecule has 0 aromatic rings. The van der Waals surface area contributed by atoms with E-state index in [2.05, 4.69) is 18.8 Å². The minimum atomic E-state index is 0.0795. The van der Waals surface area contributed by atoms with Gasteiger partial charge in [-0.05, 0) is 24.5 Å². The second-order valence-corrected chi connectivity index (χ2v) is 3.12. The Hall–Kier alpha value is -1.31. The van der Waals surface area contributed by atoms with Gasteiger partial charge in [-0.2, -0.15) is 0 Å². The summed E-state index contributed by atoms with van der Waals surface area (Å²) in [5, 5.41) is 2.84. The first-order chi connectivity index (χ1) is 6.19. The molecule has 0 radical (unpaired) electrons. The molecule has 0 aromatic heterocycles. The SMILES string of the molecule is C=C/C(C)=C1/CC(=O)N/C1=C/CC. The van der Waals surface area contributed by atoms with Crippen molar-refractivity contribution in [1.82, 2.24) is 5.32 Å². The number of allylic oxidation sites excluding steroid dienone is 4. The molecule has 1 heterocycles. The topological polar surface area (TPSA) is 29.1 Å². The van der Waals surface area contributed by atoms with E-state index >= 15 is 0 Å². The van der Waals surface area contributed by atoms with Crippen LogP contribution < -0.4 is 5.32 Å². The summed E-state index contributed by atoms with van der Waals surface area (Å²) in [6.07, 6.45) is 5.25. The van der Waals surface area contributed by atoms with Crippen LogP contribution in [0.2, 0.25) is 0 Å². The normalized spacial score (nSPS) is 23.2. The van der Waals surface area contributed by atoms with Gasteiger partial charge >= 0.3 is 0 Å². The van der Waals surface area contributed by atoms with Crippen LogP contribution >= 0.6 is 0 Å². The van der Waals surface area contributed by atoms with Crippen molar-refractivity contribution in [1.29, 1.82) is 0 Å². The van der Waals surface area contributed by atoms with E-state index in [-0.39, 0.29) is 5.91 Å². The molecule has 2 nitrogen and oxygen atoms in total. The highest BCUT2D eigenvalue weighted by Gasteiger charge is 2.20. The van der Waals surface area contributed by atoms with Crippen molar-refractivity contribution in [3.63, 3.8) is 0 Å². The summed E-state index contributed by atoms with van der Waals surface area (Å²) < 4.78 is 0. The minimum absolute atomic E-state index is 0.0795. The smallest absolute Gasteiger partial charge is 0.228 e. The van der Waals surface area contributed by atoms with Crippen LogP contribution in [-0.2, 0) is 4.79 Å². The standard InChI is InChI=1S/C11H15NO/c1-4-6-10-9(8(3)5-2)7-11(13)12-10/h5-6H,2,4,7H2,1,3H3,(H,12,13)/b9-8-,10-6+. The first kappa shape index (κ1) is 9.78. The second-order valence-electron chi connectivity index (χ2n) is 3.12. The molecule has 0 atom stereocenters. The Balaban J connectivity index is 3.03. The van der Waals surface area contributed by atoms with E-state index < -0.39 is 0 Å². The van der Waals surface area contributed by atoms with Crippen LogP contribution in [0.1, 0.15) is 26.7 Å². The summed E-state index contributed by atoms with van der Waals surface area (Å²) >= 11 is 0. The Bertz CT molecular complexity index is 297. The van der Waals surface area contributed by atoms with Gasteiger partial charge in [-0.3, -0.25) is 4.79 Å². The fraction of sp³-hybridized carbons (Fsp3) is 0.364. The van der Waals surface area contributed by atoms with Gasteiger partial charge in [0.2, 0.25) is 5.91 Å². The van der Waals surface area contributed by atoms with Gasteiger partial charge in [-0.1, -0.05) is 25.7 Å². The quantitative estimate of drug-likeness (QED) is 0.689. The number of amides is 1. The Kier molecular flexibility index (Phi) is 3.07. The van der Waals surface area contributed by atoms with Crippen LogP contribution in [0.3, 0.4) is 0 Å². The van der Waals surface area contributed by atoms with Gasteiger partial charge in [0, 0.05) is 5.70 Å². The van der Waals surface area contributed by atoms with Gasteiger partial charge in [0.1, 0.15) is 0 Å². The van der Waals surface area contributed by atoms with Crippen LogP contribution in [0.4, 0.5) is 0 Å². The minimum Gasteiger partial charge on any atom is -0.326 e. The van der Waals surface area contributed by atoms with Crippen molar-refractivity contribution in [3.8, 4) is 0 Å². The van der Waals surface area contributed by atoms with Gasteiger partial charge in [-0.15, -0.1) is 0 Å². The maximum Gasteiger partial charge on any atom is 0.228 e. The third-order valence-corrected chi connectivity index (χ3v) is 2.13. The largest absolute Gasteiger partial charge is 0.326 e. The monoisotopic (exact) mass is 177 g/mol. The highest BCUT2D eigenvalue weighted by Crippen LogP contribution is 2.23. The highest BCUT2D eigenvalue weighted by molar-refractivity contribution is 5.87. The zero-order valence-corrected chi connectivity index (χ0v) is 8.18. The first-order valence-corrected chi connectivity index (χ1v) is 4.51. The molecule has 0 bridgehead atoms. The van der Waals surface area contributed by atoms with Crippen LogP contribution in [0.15, 0.2) is 35.6 Å².